The van der Waals surface area contributed by atoms with Gasteiger partial charge in [0.05, 0.1) is 18.3 Å². The van der Waals surface area contributed by atoms with Crippen LogP contribution >= 0.6 is 11.3 Å². The molecular formula is C11H19N3O2S. The molecule has 5 nitrogen and oxygen atoms in total. The van der Waals surface area contributed by atoms with E-state index in [-0.39, 0.29) is 11.9 Å². The van der Waals surface area contributed by atoms with Gasteiger partial charge in [0.25, 0.3) is 5.91 Å². The second kappa shape index (κ2) is 6.56. The summed E-state index contributed by atoms with van der Waals surface area (Å²) in [7, 11) is 1.63. The minimum atomic E-state index is -0.118. The van der Waals surface area contributed by atoms with Gasteiger partial charge in [-0.05, 0) is 13.3 Å². The number of hydrogen-bond acceptors (Lipinski definition) is 5. The molecule has 1 atom stereocenters. The average Bonchev–Trinajstić information content (AvgIpc) is 2.58. The topological polar surface area (TPSA) is 77.2 Å². The molecule has 3 N–H and O–H groups in total. The number of nitrogens with zero attached hydrogens (tertiary/aromatic N) is 1. The van der Waals surface area contributed by atoms with E-state index >= 15 is 0 Å². The fourth-order valence-corrected chi connectivity index (χ4v) is 2.36. The largest absolute Gasteiger partial charge is 0.383 e. The lowest BCUT2D eigenvalue weighted by Crippen LogP contribution is -2.37. The van der Waals surface area contributed by atoms with Crippen LogP contribution in [0, 0.1) is 6.92 Å². The van der Waals surface area contributed by atoms with Crippen LogP contribution in [0.4, 0.5) is 5.13 Å². The quantitative estimate of drug-likeness (QED) is 0.811. The number of aryl methyl sites for hydroxylation is 1. The lowest BCUT2D eigenvalue weighted by molar-refractivity contribution is 0.0895. The molecule has 1 amide bonds. The lowest BCUT2D eigenvalue weighted by atomic mass is 10.2. The van der Waals surface area contributed by atoms with Crippen LogP contribution in [0.1, 0.15) is 35.1 Å². The van der Waals surface area contributed by atoms with Gasteiger partial charge in [-0.1, -0.05) is 24.7 Å². The summed E-state index contributed by atoms with van der Waals surface area (Å²) in [6.07, 6.45) is 1.89. The Kier molecular flexibility index (Phi) is 5.37. The molecule has 6 heteroatoms. The van der Waals surface area contributed by atoms with Gasteiger partial charge in [-0.3, -0.25) is 4.79 Å². The van der Waals surface area contributed by atoms with Crippen molar-refractivity contribution >= 4 is 22.4 Å². The summed E-state index contributed by atoms with van der Waals surface area (Å²) in [5.74, 6) is -0.118. The number of nitrogens with one attached hydrogen (secondary N) is 1. The molecule has 17 heavy (non-hydrogen) atoms. The Morgan fingerprint density at radius 2 is 2.35 bits per heavy atom. The molecule has 0 spiro atoms. The highest BCUT2D eigenvalue weighted by Gasteiger charge is 2.17. The fraction of sp³-hybridized carbons (Fsp3) is 0.636. The van der Waals surface area contributed by atoms with Crippen molar-refractivity contribution in [2.45, 2.75) is 32.7 Å². The molecule has 0 bridgehead atoms. The van der Waals surface area contributed by atoms with Gasteiger partial charge in [0.15, 0.2) is 5.13 Å². The molecule has 1 heterocycles. The molecule has 0 aliphatic heterocycles. The normalized spacial score (nSPS) is 12.4. The Bertz CT molecular complexity index is 373. The number of thiazole rings is 1. The van der Waals surface area contributed by atoms with E-state index < -0.39 is 0 Å². The number of amides is 1. The van der Waals surface area contributed by atoms with E-state index in [0.717, 1.165) is 12.8 Å². The monoisotopic (exact) mass is 257 g/mol. The summed E-state index contributed by atoms with van der Waals surface area (Å²) in [5, 5.41) is 3.36. The molecule has 0 radical (unpaired) electrons. The van der Waals surface area contributed by atoms with Crippen LogP contribution < -0.4 is 11.1 Å². The molecule has 0 aliphatic carbocycles. The first-order valence-electron chi connectivity index (χ1n) is 5.61. The van der Waals surface area contributed by atoms with Crippen molar-refractivity contribution in [3.05, 3.63) is 10.6 Å². The van der Waals surface area contributed by atoms with E-state index in [2.05, 4.69) is 17.2 Å². The maximum Gasteiger partial charge on any atom is 0.263 e. The van der Waals surface area contributed by atoms with Crippen LogP contribution in [-0.4, -0.2) is 30.6 Å². The van der Waals surface area contributed by atoms with Gasteiger partial charge in [-0.25, -0.2) is 4.98 Å². The third kappa shape index (κ3) is 3.98. The fourth-order valence-electron chi connectivity index (χ4n) is 1.63. The highest BCUT2D eigenvalue weighted by atomic mass is 32.1. The lowest BCUT2D eigenvalue weighted by Gasteiger charge is -2.16. The maximum atomic E-state index is 12.0. The van der Waals surface area contributed by atoms with Gasteiger partial charge in [0.2, 0.25) is 0 Å². The number of hydrogen-bond donors (Lipinski definition) is 2. The number of rotatable bonds is 6. The molecule has 1 rings (SSSR count). The van der Waals surface area contributed by atoms with Crippen molar-refractivity contribution < 1.29 is 9.53 Å². The van der Waals surface area contributed by atoms with Crippen molar-refractivity contribution in [2.75, 3.05) is 19.5 Å². The standard InChI is InChI=1S/C11H19N3O2S/c1-4-5-8(6-16-3)14-10(15)9-7(2)13-11(12)17-9/h8H,4-6H2,1-3H3,(H2,12,13)(H,14,15). The first-order valence-corrected chi connectivity index (χ1v) is 6.42. The number of carbonyl (C=O) groups excluding carboxylic acids is 1. The number of anilines is 1. The number of nitrogens with two attached hydrogens (primary N) is 1. The van der Waals surface area contributed by atoms with Crippen molar-refractivity contribution in [1.82, 2.24) is 10.3 Å². The molecule has 1 aromatic heterocycles. The Hall–Kier alpha value is -1.14. The highest BCUT2D eigenvalue weighted by Crippen LogP contribution is 2.19. The first kappa shape index (κ1) is 13.9. The van der Waals surface area contributed by atoms with Crippen LogP contribution in [0.2, 0.25) is 0 Å². The van der Waals surface area contributed by atoms with Gasteiger partial charge < -0.3 is 15.8 Å². The highest BCUT2D eigenvalue weighted by molar-refractivity contribution is 7.17. The summed E-state index contributed by atoms with van der Waals surface area (Å²) in [6, 6.07) is 0.0419. The zero-order valence-corrected chi connectivity index (χ0v) is 11.3. The summed E-state index contributed by atoms with van der Waals surface area (Å²) < 4.78 is 5.08. The molecule has 96 valence electrons. The van der Waals surface area contributed by atoms with Crippen LogP contribution in [0.3, 0.4) is 0 Å². The smallest absolute Gasteiger partial charge is 0.263 e. The zero-order valence-electron chi connectivity index (χ0n) is 10.4. The van der Waals surface area contributed by atoms with Gasteiger partial charge in [0.1, 0.15) is 4.88 Å². The van der Waals surface area contributed by atoms with Gasteiger partial charge in [-0.2, -0.15) is 0 Å². The van der Waals surface area contributed by atoms with E-state index in [1.165, 1.54) is 11.3 Å². The molecule has 0 aromatic carbocycles. The van der Waals surface area contributed by atoms with E-state index in [4.69, 9.17) is 10.5 Å². The summed E-state index contributed by atoms with van der Waals surface area (Å²) in [4.78, 5) is 16.6. The molecular weight excluding hydrogens is 238 g/mol. The second-order valence-electron chi connectivity index (χ2n) is 3.88. The van der Waals surface area contributed by atoms with Crippen molar-refractivity contribution in [3.8, 4) is 0 Å². The van der Waals surface area contributed by atoms with Crippen LogP contribution in [-0.2, 0) is 4.74 Å². The molecule has 1 aromatic rings. The minimum Gasteiger partial charge on any atom is -0.383 e. The third-order valence-corrected chi connectivity index (χ3v) is 3.34. The Morgan fingerprint density at radius 3 is 2.82 bits per heavy atom. The maximum absolute atomic E-state index is 12.0. The van der Waals surface area contributed by atoms with Crippen LogP contribution in [0.25, 0.3) is 0 Å². The van der Waals surface area contributed by atoms with Crippen molar-refractivity contribution in [1.29, 1.82) is 0 Å². The second-order valence-corrected chi connectivity index (χ2v) is 4.91. The van der Waals surface area contributed by atoms with Gasteiger partial charge >= 0.3 is 0 Å². The predicted octanol–water partition coefficient (Wildman–Crippen LogP) is 1.58. The Balaban J connectivity index is 2.66. The van der Waals surface area contributed by atoms with Gasteiger partial charge in [0, 0.05) is 7.11 Å². The molecule has 0 saturated carbocycles. The summed E-state index contributed by atoms with van der Waals surface area (Å²) in [6.45, 7) is 4.38. The zero-order chi connectivity index (χ0) is 12.8. The summed E-state index contributed by atoms with van der Waals surface area (Å²) in [5.41, 5.74) is 6.25. The predicted molar refractivity (Wildman–Crippen MR) is 69.3 cm³/mol. The number of nitrogen functional groups attached to an aromatic ring is 1. The molecule has 0 fully saturated rings. The Labute approximate surface area is 105 Å². The van der Waals surface area contributed by atoms with Crippen molar-refractivity contribution in [2.24, 2.45) is 0 Å². The first-order chi connectivity index (χ1) is 8.08. The minimum absolute atomic E-state index is 0.0419. The average molecular weight is 257 g/mol. The van der Waals surface area contributed by atoms with E-state index in [9.17, 15) is 4.79 Å². The van der Waals surface area contributed by atoms with Crippen molar-refractivity contribution in [3.63, 3.8) is 0 Å². The van der Waals surface area contributed by atoms with Crippen LogP contribution in [0.15, 0.2) is 0 Å². The van der Waals surface area contributed by atoms with E-state index in [0.29, 0.717) is 22.3 Å². The SMILES string of the molecule is CCCC(COC)NC(=O)c1sc(N)nc1C. The molecule has 0 aliphatic rings. The summed E-state index contributed by atoms with van der Waals surface area (Å²) >= 11 is 1.21. The number of aromatic nitrogens is 1. The van der Waals surface area contributed by atoms with E-state index in [1.807, 2.05) is 0 Å². The number of methoxy groups -OCH3 is 1. The Morgan fingerprint density at radius 1 is 1.65 bits per heavy atom. The molecule has 1 unspecified atom stereocenters. The van der Waals surface area contributed by atoms with E-state index in [1.54, 1.807) is 14.0 Å². The number of ether oxygens (including phenoxy) is 1. The number of carbonyl (C=O) groups is 1. The van der Waals surface area contributed by atoms with Gasteiger partial charge in [-0.15, -0.1) is 0 Å². The third-order valence-electron chi connectivity index (χ3n) is 2.36. The molecule has 0 saturated heterocycles. The van der Waals surface area contributed by atoms with Crippen LogP contribution in [0.5, 0.6) is 0 Å².